The minimum atomic E-state index is -3.69. The lowest BCUT2D eigenvalue weighted by atomic mass is 9.94. The van der Waals surface area contributed by atoms with Gasteiger partial charge in [0, 0.05) is 57.3 Å². The quantitative estimate of drug-likeness (QED) is 0.390. The molecule has 3 heterocycles. The van der Waals surface area contributed by atoms with Crippen LogP contribution in [0.3, 0.4) is 0 Å². The number of nitrogens with zero attached hydrogens (tertiary/aromatic N) is 3. The lowest BCUT2D eigenvalue weighted by Crippen LogP contribution is -2.42. The largest absolute Gasteiger partial charge is 0.331 e. The van der Waals surface area contributed by atoms with Gasteiger partial charge in [-0.2, -0.15) is 4.31 Å². The Morgan fingerprint density at radius 1 is 0.955 bits per heavy atom. The molecule has 3 aromatic rings. The average molecular weight is 638 g/mol. The van der Waals surface area contributed by atoms with Crippen LogP contribution in [0.2, 0.25) is 0 Å². The van der Waals surface area contributed by atoms with Gasteiger partial charge < -0.3 is 10.2 Å². The normalized spacial score (nSPS) is 19.2. The molecule has 0 spiro atoms. The second-order valence-electron chi connectivity index (χ2n) is 12.1. The zero-order chi connectivity index (χ0) is 31.6. The Morgan fingerprint density at radius 2 is 1.61 bits per heavy atom. The van der Waals surface area contributed by atoms with Gasteiger partial charge in [-0.1, -0.05) is 44.2 Å². The Morgan fingerprint density at radius 3 is 2.25 bits per heavy atom. The molecule has 2 aliphatic heterocycles. The number of imide groups is 1. The number of amides is 4. The van der Waals surface area contributed by atoms with E-state index >= 15 is 0 Å². The van der Waals surface area contributed by atoms with Crippen LogP contribution in [0.4, 0.5) is 9.80 Å². The number of hydrogen-bond donors (Lipinski definition) is 2. The maximum Gasteiger partial charge on any atom is 0.323 e. The summed E-state index contributed by atoms with van der Waals surface area (Å²) in [7, 11) is -0.590. The molecule has 10 nitrogen and oxygen atoms in total. The van der Waals surface area contributed by atoms with E-state index in [0.29, 0.717) is 36.6 Å². The summed E-state index contributed by atoms with van der Waals surface area (Å²) in [5.41, 5.74) is 2.56. The van der Waals surface area contributed by atoms with Gasteiger partial charge in [-0.3, -0.25) is 19.8 Å². The molecule has 2 N–H and O–H groups in total. The van der Waals surface area contributed by atoms with E-state index in [1.165, 1.54) is 50.4 Å². The Kier molecular flexibility index (Phi) is 9.54. The molecule has 12 heteroatoms. The average Bonchev–Trinajstić information content (AvgIpc) is 3.34. The highest BCUT2D eigenvalue weighted by atomic mass is 32.2. The molecule has 1 saturated heterocycles. The first kappa shape index (κ1) is 31.8. The first-order valence-corrected chi connectivity index (χ1v) is 17.0. The lowest BCUT2D eigenvalue weighted by molar-refractivity contribution is 0.0956. The molecule has 2 unspecified atom stereocenters. The summed E-state index contributed by atoms with van der Waals surface area (Å²) in [5, 5.41) is 5.66. The van der Waals surface area contributed by atoms with Crippen molar-refractivity contribution < 1.29 is 22.8 Å². The third-order valence-electron chi connectivity index (χ3n) is 8.06. The molecule has 2 atom stereocenters. The van der Waals surface area contributed by atoms with E-state index in [9.17, 15) is 22.8 Å². The maximum absolute atomic E-state index is 13.4. The van der Waals surface area contributed by atoms with Crippen molar-refractivity contribution in [3.8, 4) is 0 Å². The summed E-state index contributed by atoms with van der Waals surface area (Å²) in [4.78, 5) is 43.8. The van der Waals surface area contributed by atoms with Gasteiger partial charge in [-0.05, 0) is 60.1 Å². The van der Waals surface area contributed by atoms with Crippen molar-refractivity contribution in [3.63, 3.8) is 0 Å². The van der Waals surface area contributed by atoms with E-state index in [0.717, 1.165) is 30.0 Å². The summed E-state index contributed by atoms with van der Waals surface area (Å²) < 4.78 is 28.1. The van der Waals surface area contributed by atoms with Crippen molar-refractivity contribution in [3.05, 3.63) is 81.7 Å². The molecule has 1 aromatic heterocycles. The molecular weight excluding hydrogens is 599 g/mol. The van der Waals surface area contributed by atoms with Crippen molar-refractivity contribution in [1.82, 2.24) is 19.4 Å². The third-order valence-corrected chi connectivity index (χ3v) is 11.0. The Balaban J connectivity index is 1.37. The number of piperidine rings is 1. The fourth-order valence-electron chi connectivity index (χ4n) is 5.94. The van der Waals surface area contributed by atoms with Crippen LogP contribution in [0.25, 0.3) is 0 Å². The highest BCUT2D eigenvalue weighted by molar-refractivity contribution is 7.89. The first-order chi connectivity index (χ1) is 20.9. The van der Waals surface area contributed by atoms with Crippen LogP contribution in [-0.2, 0) is 29.5 Å². The second kappa shape index (κ2) is 13.2. The van der Waals surface area contributed by atoms with Gasteiger partial charge in [-0.25, -0.2) is 13.2 Å². The molecule has 44 heavy (non-hydrogen) atoms. The summed E-state index contributed by atoms with van der Waals surface area (Å²) in [6, 6.07) is 15.5. The number of rotatable bonds is 7. The van der Waals surface area contributed by atoms with Gasteiger partial charge in [-0.15, -0.1) is 11.3 Å². The number of anilines is 1. The predicted octanol–water partition coefficient (Wildman–Crippen LogP) is 4.64. The van der Waals surface area contributed by atoms with Crippen LogP contribution in [0.1, 0.15) is 57.0 Å². The number of fused-ring (bicyclic) bond motifs is 1. The molecule has 4 amide bonds. The summed E-state index contributed by atoms with van der Waals surface area (Å²) in [6.07, 6.45) is 1.58. The fourth-order valence-corrected chi connectivity index (χ4v) is 8.90. The number of urea groups is 1. The van der Waals surface area contributed by atoms with Crippen molar-refractivity contribution >= 4 is 44.2 Å². The van der Waals surface area contributed by atoms with Gasteiger partial charge >= 0.3 is 6.03 Å². The van der Waals surface area contributed by atoms with Crippen LogP contribution >= 0.6 is 11.3 Å². The van der Waals surface area contributed by atoms with Crippen molar-refractivity contribution in [1.29, 1.82) is 0 Å². The van der Waals surface area contributed by atoms with Gasteiger partial charge in [0.05, 0.1) is 10.5 Å². The molecule has 0 bridgehead atoms. The van der Waals surface area contributed by atoms with E-state index in [1.54, 1.807) is 14.1 Å². The van der Waals surface area contributed by atoms with E-state index in [1.807, 2.05) is 18.2 Å². The summed E-state index contributed by atoms with van der Waals surface area (Å²) >= 11 is 1.33. The Bertz CT molecular complexity index is 1630. The zero-order valence-electron chi connectivity index (χ0n) is 25.5. The molecule has 2 aliphatic rings. The predicted molar refractivity (Wildman–Crippen MR) is 171 cm³/mol. The fraction of sp³-hybridized carbons (Fsp3) is 0.406. The molecule has 234 valence electrons. The van der Waals surface area contributed by atoms with E-state index in [-0.39, 0.29) is 22.3 Å². The van der Waals surface area contributed by atoms with Crippen molar-refractivity contribution in [2.45, 2.75) is 44.7 Å². The monoisotopic (exact) mass is 637 g/mol. The highest BCUT2D eigenvalue weighted by Crippen LogP contribution is 2.38. The molecular formula is C32H39N5O5S2. The maximum atomic E-state index is 13.4. The smallest absolute Gasteiger partial charge is 0.323 e. The van der Waals surface area contributed by atoms with E-state index in [2.05, 4.69) is 41.5 Å². The molecule has 2 aromatic carbocycles. The van der Waals surface area contributed by atoms with Gasteiger partial charge in [0.2, 0.25) is 10.0 Å². The molecule has 0 saturated carbocycles. The van der Waals surface area contributed by atoms with Crippen LogP contribution in [0, 0.1) is 11.8 Å². The van der Waals surface area contributed by atoms with Crippen LogP contribution < -0.4 is 10.6 Å². The molecule has 1 fully saturated rings. The van der Waals surface area contributed by atoms with Gasteiger partial charge in [0.25, 0.3) is 11.8 Å². The van der Waals surface area contributed by atoms with Gasteiger partial charge in [0.15, 0.2) is 0 Å². The first-order valence-electron chi connectivity index (χ1n) is 14.8. The van der Waals surface area contributed by atoms with Crippen LogP contribution in [0.5, 0.6) is 0 Å². The van der Waals surface area contributed by atoms with Gasteiger partial charge in [0.1, 0.15) is 5.00 Å². The lowest BCUT2D eigenvalue weighted by Gasteiger charge is -2.34. The van der Waals surface area contributed by atoms with E-state index in [4.69, 9.17) is 0 Å². The topological polar surface area (TPSA) is 119 Å². The highest BCUT2D eigenvalue weighted by Gasteiger charge is 2.33. The number of hydrogen-bond acceptors (Lipinski definition) is 7. The van der Waals surface area contributed by atoms with Crippen LogP contribution in [-0.4, -0.2) is 74.1 Å². The SMILES string of the molecule is CC1CC(C)CN(S(=O)(=O)c2ccc(C(=O)Nc3sc4c(c3C(=O)NC(=O)N(C)C)CCN(Cc3ccccc3)C4)cc2)C1. The molecule has 0 radical (unpaired) electrons. The zero-order valence-corrected chi connectivity index (χ0v) is 27.1. The minimum Gasteiger partial charge on any atom is -0.331 e. The number of nitrogens with one attached hydrogen (secondary N) is 2. The Hall–Kier alpha value is -3.58. The number of benzene rings is 2. The summed E-state index contributed by atoms with van der Waals surface area (Å²) in [6.45, 7) is 7.14. The third kappa shape index (κ3) is 7.04. The van der Waals surface area contributed by atoms with Crippen LogP contribution in [0.15, 0.2) is 59.5 Å². The van der Waals surface area contributed by atoms with E-state index < -0.39 is 27.9 Å². The number of thiophene rings is 1. The second-order valence-corrected chi connectivity index (χ2v) is 15.1. The standard InChI is InChI=1S/C32H39N5O5S2/c1-21-16-22(2)18-37(17-21)44(41,42)25-12-10-24(11-13-25)29(38)33-31-28(30(39)34-32(40)35(3)4)26-14-15-36(20-27(26)43-31)19-23-8-6-5-7-9-23/h5-13,21-22H,14-20H2,1-4H3,(H,33,38)(H,34,39,40). The number of carbonyl (C=O) groups is 3. The molecule has 0 aliphatic carbocycles. The minimum absolute atomic E-state index is 0.141. The summed E-state index contributed by atoms with van der Waals surface area (Å²) in [5.74, 6) is -0.485. The van der Waals surface area contributed by atoms with Crippen molar-refractivity contribution in [2.24, 2.45) is 11.8 Å². The molecule has 5 rings (SSSR count). The number of sulfonamides is 1. The van der Waals surface area contributed by atoms with Crippen molar-refractivity contribution in [2.75, 3.05) is 39.0 Å². The Labute approximate surface area is 263 Å². The number of carbonyl (C=O) groups excluding carboxylic acids is 3.